The van der Waals surface area contributed by atoms with Gasteiger partial charge in [-0.05, 0) is 19.9 Å². The number of hydrogen-bond acceptors (Lipinski definition) is 3. The first-order chi connectivity index (χ1) is 7.56. The fourth-order valence-electron chi connectivity index (χ4n) is 2.32. The Balaban J connectivity index is 2.47. The van der Waals surface area contributed by atoms with Gasteiger partial charge in [0.1, 0.15) is 5.78 Å². The zero-order chi connectivity index (χ0) is 12.1. The minimum Gasteiger partial charge on any atom is -0.359 e. The van der Waals surface area contributed by atoms with Gasteiger partial charge in [0, 0.05) is 25.9 Å². The van der Waals surface area contributed by atoms with Crippen molar-refractivity contribution in [2.24, 2.45) is 5.92 Å². The van der Waals surface area contributed by atoms with Crippen molar-refractivity contribution in [3.8, 4) is 0 Å². The van der Waals surface area contributed by atoms with Crippen LogP contribution in [0, 0.1) is 5.92 Å². The maximum Gasteiger partial charge on any atom is 0.223 e. The van der Waals surface area contributed by atoms with E-state index in [1.165, 1.54) is 0 Å². The third-order valence-electron chi connectivity index (χ3n) is 3.31. The van der Waals surface area contributed by atoms with E-state index in [1.54, 1.807) is 7.05 Å². The van der Waals surface area contributed by atoms with Crippen LogP contribution in [0.1, 0.15) is 32.6 Å². The molecular formula is C12H22N2O2. The molecule has 0 aliphatic heterocycles. The van der Waals surface area contributed by atoms with Crippen LogP contribution < -0.4 is 5.32 Å². The molecule has 1 fully saturated rings. The number of carbonyl (C=O) groups excluding carboxylic acids is 2. The van der Waals surface area contributed by atoms with Crippen molar-refractivity contribution in [2.45, 2.75) is 38.6 Å². The predicted octanol–water partition coefficient (Wildman–Crippen LogP) is 0.812. The van der Waals surface area contributed by atoms with Crippen molar-refractivity contribution in [1.82, 2.24) is 10.2 Å². The van der Waals surface area contributed by atoms with Crippen LogP contribution >= 0.6 is 0 Å². The monoisotopic (exact) mass is 226 g/mol. The summed E-state index contributed by atoms with van der Waals surface area (Å²) in [6, 6.07) is 0.0286. The molecule has 16 heavy (non-hydrogen) atoms. The zero-order valence-corrected chi connectivity index (χ0v) is 10.5. The van der Waals surface area contributed by atoms with E-state index in [4.69, 9.17) is 0 Å². The molecule has 0 bridgehead atoms. The molecule has 0 aromatic heterocycles. The number of rotatable bonds is 4. The van der Waals surface area contributed by atoms with Crippen LogP contribution in [0.4, 0.5) is 0 Å². The highest BCUT2D eigenvalue weighted by Gasteiger charge is 2.27. The van der Waals surface area contributed by atoms with E-state index in [1.807, 2.05) is 18.9 Å². The number of likely N-dealkylation sites (N-methyl/N-ethyl adjacent to an activating group) is 1. The summed E-state index contributed by atoms with van der Waals surface area (Å²) in [6.07, 6.45) is 3.78. The second-order valence-electron chi connectivity index (χ2n) is 4.68. The van der Waals surface area contributed by atoms with Crippen LogP contribution in [0.15, 0.2) is 0 Å². The predicted molar refractivity (Wildman–Crippen MR) is 63.1 cm³/mol. The van der Waals surface area contributed by atoms with Crippen molar-refractivity contribution in [3.05, 3.63) is 0 Å². The lowest BCUT2D eigenvalue weighted by molar-refractivity contribution is -0.128. The maximum absolute atomic E-state index is 11.7. The van der Waals surface area contributed by atoms with E-state index in [2.05, 4.69) is 5.32 Å². The van der Waals surface area contributed by atoms with E-state index in [9.17, 15) is 9.59 Å². The molecule has 2 atom stereocenters. The van der Waals surface area contributed by atoms with Crippen LogP contribution in [0.2, 0.25) is 0 Å². The van der Waals surface area contributed by atoms with Crippen molar-refractivity contribution >= 4 is 11.7 Å². The summed E-state index contributed by atoms with van der Waals surface area (Å²) in [5.74, 6) is 0.303. The Labute approximate surface area is 97.4 Å². The number of carbonyl (C=O) groups is 2. The number of ketones is 1. The Hall–Kier alpha value is -0.900. The van der Waals surface area contributed by atoms with Gasteiger partial charge in [-0.3, -0.25) is 14.5 Å². The number of nitrogens with zero attached hydrogens (tertiary/aromatic N) is 1. The molecule has 0 saturated heterocycles. The summed E-state index contributed by atoms with van der Waals surface area (Å²) in [5, 5.41) is 2.63. The quantitative estimate of drug-likeness (QED) is 0.772. The molecule has 1 N–H and O–H groups in total. The fraction of sp³-hybridized carbons (Fsp3) is 0.833. The minimum atomic E-state index is -0.0651. The smallest absolute Gasteiger partial charge is 0.223 e. The van der Waals surface area contributed by atoms with Gasteiger partial charge in [-0.1, -0.05) is 13.3 Å². The Morgan fingerprint density at radius 2 is 2.25 bits per heavy atom. The standard InChI is InChI=1S/C12H22N2O2/c1-9(12(16)13-2)8-14(3)10-6-4-5-7-11(10)15/h9-10H,4-8H2,1-3H3,(H,13,16). The summed E-state index contributed by atoms with van der Waals surface area (Å²) in [6.45, 7) is 2.54. The second kappa shape index (κ2) is 5.99. The highest BCUT2D eigenvalue weighted by molar-refractivity contribution is 5.84. The molecule has 1 aliphatic rings. The molecule has 4 nitrogen and oxygen atoms in total. The van der Waals surface area contributed by atoms with Crippen LogP contribution in [0.5, 0.6) is 0 Å². The first-order valence-electron chi connectivity index (χ1n) is 6.00. The van der Waals surface area contributed by atoms with Crippen molar-refractivity contribution < 1.29 is 9.59 Å². The summed E-state index contributed by atoms with van der Waals surface area (Å²) in [5.41, 5.74) is 0. The lowest BCUT2D eigenvalue weighted by Crippen LogP contribution is -2.44. The topological polar surface area (TPSA) is 49.4 Å². The fourth-order valence-corrected chi connectivity index (χ4v) is 2.32. The summed E-state index contributed by atoms with van der Waals surface area (Å²) in [4.78, 5) is 25.1. The third kappa shape index (κ3) is 3.30. The number of hydrogen-bond donors (Lipinski definition) is 1. The van der Waals surface area contributed by atoms with Gasteiger partial charge in [0.15, 0.2) is 0 Å². The van der Waals surface area contributed by atoms with Gasteiger partial charge in [-0.25, -0.2) is 0 Å². The van der Waals surface area contributed by atoms with Gasteiger partial charge in [-0.2, -0.15) is 0 Å². The van der Waals surface area contributed by atoms with E-state index >= 15 is 0 Å². The van der Waals surface area contributed by atoms with Gasteiger partial charge in [0.05, 0.1) is 6.04 Å². The van der Waals surface area contributed by atoms with Crippen molar-refractivity contribution in [3.63, 3.8) is 0 Å². The van der Waals surface area contributed by atoms with Gasteiger partial charge in [-0.15, -0.1) is 0 Å². The number of Topliss-reactive ketones (excluding diaryl/α,β-unsaturated/α-hetero) is 1. The Morgan fingerprint density at radius 1 is 1.56 bits per heavy atom. The first kappa shape index (κ1) is 13.2. The Bertz CT molecular complexity index is 266. The highest BCUT2D eigenvalue weighted by Crippen LogP contribution is 2.19. The van der Waals surface area contributed by atoms with E-state index in [-0.39, 0.29) is 17.9 Å². The average molecular weight is 226 g/mol. The lowest BCUT2D eigenvalue weighted by atomic mass is 9.92. The van der Waals surface area contributed by atoms with Crippen LogP contribution in [-0.4, -0.2) is 43.3 Å². The molecule has 4 heteroatoms. The molecule has 1 rings (SSSR count). The summed E-state index contributed by atoms with van der Waals surface area (Å²) < 4.78 is 0. The van der Waals surface area contributed by atoms with E-state index in [0.717, 1.165) is 19.3 Å². The third-order valence-corrected chi connectivity index (χ3v) is 3.31. The van der Waals surface area contributed by atoms with Crippen LogP contribution in [-0.2, 0) is 9.59 Å². The number of nitrogens with one attached hydrogen (secondary N) is 1. The molecule has 2 unspecified atom stereocenters. The van der Waals surface area contributed by atoms with Crippen molar-refractivity contribution in [2.75, 3.05) is 20.6 Å². The minimum absolute atomic E-state index is 0.0286. The molecule has 0 aromatic carbocycles. The number of amides is 1. The molecule has 0 aromatic rings. The zero-order valence-electron chi connectivity index (χ0n) is 10.5. The largest absolute Gasteiger partial charge is 0.359 e. The molecule has 0 radical (unpaired) electrons. The molecule has 92 valence electrons. The summed E-state index contributed by atoms with van der Waals surface area (Å²) >= 11 is 0. The first-order valence-corrected chi connectivity index (χ1v) is 6.00. The molecule has 1 aliphatic carbocycles. The molecular weight excluding hydrogens is 204 g/mol. The SMILES string of the molecule is CNC(=O)C(C)CN(C)C1CCCCC1=O. The van der Waals surface area contributed by atoms with Gasteiger partial charge in [0.2, 0.25) is 5.91 Å². The maximum atomic E-state index is 11.7. The second-order valence-corrected chi connectivity index (χ2v) is 4.68. The molecule has 0 heterocycles. The average Bonchev–Trinajstić information content (AvgIpc) is 2.28. The van der Waals surface area contributed by atoms with Gasteiger partial charge in [0.25, 0.3) is 0 Å². The Morgan fingerprint density at radius 3 is 2.81 bits per heavy atom. The Kier molecular flexibility index (Phi) is 4.93. The lowest BCUT2D eigenvalue weighted by Gasteiger charge is -2.31. The van der Waals surface area contributed by atoms with E-state index in [0.29, 0.717) is 18.7 Å². The molecule has 1 saturated carbocycles. The van der Waals surface area contributed by atoms with Crippen molar-refractivity contribution in [1.29, 1.82) is 0 Å². The normalized spacial score (nSPS) is 23.2. The van der Waals surface area contributed by atoms with Gasteiger partial charge < -0.3 is 5.32 Å². The highest BCUT2D eigenvalue weighted by atomic mass is 16.2. The molecule has 0 spiro atoms. The molecule has 1 amide bonds. The van der Waals surface area contributed by atoms with E-state index < -0.39 is 0 Å². The van der Waals surface area contributed by atoms with Crippen LogP contribution in [0.25, 0.3) is 0 Å². The summed E-state index contributed by atoms with van der Waals surface area (Å²) in [7, 11) is 3.58. The van der Waals surface area contributed by atoms with Crippen LogP contribution in [0.3, 0.4) is 0 Å². The van der Waals surface area contributed by atoms with Gasteiger partial charge >= 0.3 is 0 Å².